The normalized spacial score (nSPS) is 11.4. The van der Waals surface area contributed by atoms with Crippen LogP contribution in [-0.4, -0.2) is 23.5 Å². The van der Waals surface area contributed by atoms with Crippen molar-refractivity contribution in [3.63, 3.8) is 0 Å². The van der Waals surface area contributed by atoms with Gasteiger partial charge in [0, 0.05) is 23.7 Å². The van der Waals surface area contributed by atoms with Gasteiger partial charge in [0.05, 0.1) is 23.3 Å². The zero-order valence-corrected chi connectivity index (χ0v) is 17.1. The first kappa shape index (κ1) is 22.2. The molecule has 6 nitrogen and oxygen atoms in total. The van der Waals surface area contributed by atoms with E-state index in [0.717, 1.165) is 6.42 Å². The van der Waals surface area contributed by atoms with Gasteiger partial charge in [-0.25, -0.2) is 4.79 Å². The number of primary amides is 1. The first-order chi connectivity index (χ1) is 14.8. The number of urea groups is 1. The maximum absolute atomic E-state index is 12.6. The minimum atomic E-state index is -4.80. The summed E-state index contributed by atoms with van der Waals surface area (Å²) in [5.41, 5.74) is 2.76. The number of halogens is 3. The fourth-order valence-electron chi connectivity index (χ4n) is 3.45. The molecule has 0 spiro atoms. The second kappa shape index (κ2) is 9.10. The van der Waals surface area contributed by atoms with Crippen LogP contribution in [0.5, 0.6) is 5.75 Å². The predicted octanol–water partition coefficient (Wildman–Crippen LogP) is 4.60. The average Bonchev–Trinajstić information content (AvgIpc) is 3.04. The Balaban J connectivity index is 2.01. The number of aromatic nitrogens is 1. The molecular weight excluding hydrogens is 409 g/mol. The number of nitriles is 1. The smallest absolute Gasteiger partial charge is 0.406 e. The Labute approximate surface area is 177 Å². The zero-order chi connectivity index (χ0) is 22.6. The SMILES string of the molecule is CCC[NH2+]C(=O)Nc1ccc(-c2c(C#N)c3ccc(OC(F)(F)F)cc3n2CC)cc1. The molecular formula is C22H22F3N4O2+. The van der Waals surface area contributed by atoms with E-state index in [9.17, 15) is 23.2 Å². The van der Waals surface area contributed by atoms with Gasteiger partial charge in [-0.3, -0.25) is 10.6 Å². The number of nitrogens with two attached hydrogens (primary N) is 1. The molecule has 1 aromatic heterocycles. The number of nitrogens with zero attached hydrogens (tertiary/aromatic N) is 2. The van der Waals surface area contributed by atoms with Crippen molar-refractivity contribution in [3.8, 4) is 23.1 Å². The van der Waals surface area contributed by atoms with Crippen molar-refractivity contribution in [1.29, 1.82) is 5.26 Å². The van der Waals surface area contributed by atoms with Crippen LogP contribution >= 0.6 is 0 Å². The topological polar surface area (TPSA) is 83.7 Å². The van der Waals surface area contributed by atoms with Gasteiger partial charge < -0.3 is 9.30 Å². The maximum Gasteiger partial charge on any atom is 0.573 e. The van der Waals surface area contributed by atoms with Crippen molar-refractivity contribution in [1.82, 2.24) is 4.57 Å². The summed E-state index contributed by atoms with van der Waals surface area (Å²) in [5, 5.41) is 14.7. The molecule has 0 saturated heterocycles. The third-order valence-corrected chi connectivity index (χ3v) is 4.74. The van der Waals surface area contributed by atoms with Gasteiger partial charge in [-0.2, -0.15) is 5.26 Å². The van der Waals surface area contributed by atoms with Crippen LogP contribution in [-0.2, 0) is 6.54 Å². The molecule has 0 aliphatic carbocycles. The van der Waals surface area contributed by atoms with E-state index in [1.807, 2.05) is 13.8 Å². The van der Waals surface area contributed by atoms with Gasteiger partial charge >= 0.3 is 12.4 Å². The Morgan fingerprint density at radius 1 is 1.19 bits per heavy atom. The molecule has 3 N–H and O–H groups in total. The Hall–Kier alpha value is -3.51. The molecule has 0 atom stereocenters. The van der Waals surface area contributed by atoms with E-state index in [0.29, 0.717) is 46.5 Å². The number of hydrogen-bond donors (Lipinski definition) is 2. The summed E-state index contributed by atoms with van der Waals surface area (Å²) in [6.45, 7) is 4.95. The summed E-state index contributed by atoms with van der Waals surface area (Å²) >= 11 is 0. The number of carbonyl (C=O) groups excluding carboxylic acids is 1. The lowest BCUT2D eigenvalue weighted by Gasteiger charge is -2.11. The van der Waals surface area contributed by atoms with Crippen LogP contribution in [0, 0.1) is 11.3 Å². The van der Waals surface area contributed by atoms with Gasteiger partial charge in [0.1, 0.15) is 11.8 Å². The second-order valence-corrected chi connectivity index (χ2v) is 6.87. The molecule has 0 fully saturated rings. The van der Waals surface area contributed by atoms with Crippen molar-refractivity contribution in [2.75, 3.05) is 11.9 Å². The Kier molecular flexibility index (Phi) is 6.51. The van der Waals surface area contributed by atoms with E-state index in [2.05, 4.69) is 16.1 Å². The van der Waals surface area contributed by atoms with Crippen LogP contribution in [0.3, 0.4) is 0 Å². The number of benzene rings is 2. The maximum atomic E-state index is 12.6. The van der Waals surface area contributed by atoms with Crippen LogP contribution in [0.1, 0.15) is 25.8 Å². The van der Waals surface area contributed by atoms with E-state index < -0.39 is 6.36 Å². The number of quaternary nitrogens is 1. The molecule has 3 aromatic rings. The largest absolute Gasteiger partial charge is 0.573 e. The summed E-state index contributed by atoms with van der Waals surface area (Å²) in [4.78, 5) is 11.9. The van der Waals surface area contributed by atoms with Gasteiger partial charge in [0.25, 0.3) is 0 Å². The first-order valence-electron chi connectivity index (χ1n) is 9.84. The fourth-order valence-corrected chi connectivity index (χ4v) is 3.45. The number of ether oxygens (including phenoxy) is 1. The Morgan fingerprint density at radius 3 is 2.48 bits per heavy atom. The number of aryl methyl sites for hydroxylation is 1. The molecule has 0 aliphatic rings. The number of alkyl halides is 3. The summed E-state index contributed by atoms with van der Waals surface area (Å²) in [6.07, 6.45) is -3.92. The number of fused-ring (bicyclic) bond motifs is 1. The highest BCUT2D eigenvalue weighted by Crippen LogP contribution is 2.36. The number of carbonyl (C=O) groups is 1. The number of hydrogen-bond acceptors (Lipinski definition) is 3. The lowest BCUT2D eigenvalue weighted by atomic mass is 10.1. The predicted molar refractivity (Wildman–Crippen MR) is 111 cm³/mol. The van der Waals surface area contributed by atoms with Crippen molar-refractivity contribution in [3.05, 3.63) is 48.0 Å². The van der Waals surface area contributed by atoms with E-state index in [4.69, 9.17) is 0 Å². The lowest BCUT2D eigenvalue weighted by Crippen LogP contribution is -2.89. The molecule has 3 rings (SSSR count). The monoisotopic (exact) mass is 431 g/mol. The van der Waals surface area contributed by atoms with Gasteiger partial charge in [0.2, 0.25) is 0 Å². The summed E-state index contributed by atoms with van der Waals surface area (Å²) in [6, 6.07) is 12.9. The summed E-state index contributed by atoms with van der Waals surface area (Å²) < 4.78 is 43.7. The van der Waals surface area contributed by atoms with Crippen LogP contribution < -0.4 is 15.4 Å². The van der Waals surface area contributed by atoms with Crippen molar-refractivity contribution in [2.24, 2.45) is 0 Å². The standard InChI is InChI=1S/C22H21F3N4O2/c1-3-11-27-21(30)28-15-7-5-14(6-8-15)20-18(13-26)17-10-9-16(31-22(23,24)25)12-19(17)29(20)4-2/h5-10,12H,3-4,11H2,1-2H3,(H2,27,28,30)/p+1. The number of anilines is 1. The quantitative estimate of drug-likeness (QED) is 0.598. The number of rotatable bonds is 6. The third-order valence-electron chi connectivity index (χ3n) is 4.74. The Morgan fingerprint density at radius 2 is 1.90 bits per heavy atom. The molecule has 0 bridgehead atoms. The molecule has 2 aromatic carbocycles. The first-order valence-corrected chi connectivity index (χ1v) is 9.84. The molecule has 0 radical (unpaired) electrons. The fraction of sp³-hybridized carbons (Fsp3) is 0.273. The van der Waals surface area contributed by atoms with Gasteiger partial charge in [-0.05, 0) is 43.2 Å². The highest BCUT2D eigenvalue weighted by molar-refractivity contribution is 5.95. The van der Waals surface area contributed by atoms with Crippen LogP contribution in [0.2, 0.25) is 0 Å². The van der Waals surface area contributed by atoms with E-state index in [1.165, 1.54) is 18.2 Å². The van der Waals surface area contributed by atoms with Crippen LogP contribution in [0.4, 0.5) is 23.7 Å². The van der Waals surface area contributed by atoms with E-state index in [1.54, 1.807) is 34.1 Å². The van der Waals surface area contributed by atoms with Gasteiger partial charge in [0.15, 0.2) is 0 Å². The molecule has 31 heavy (non-hydrogen) atoms. The highest BCUT2D eigenvalue weighted by Gasteiger charge is 2.31. The molecule has 0 aliphatic heterocycles. The van der Waals surface area contributed by atoms with Crippen LogP contribution in [0.15, 0.2) is 42.5 Å². The van der Waals surface area contributed by atoms with Gasteiger partial charge in [-0.15, -0.1) is 13.2 Å². The number of nitrogens with one attached hydrogen (secondary N) is 1. The van der Waals surface area contributed by atoms with E-state index >= 15 is 0 Å². The average molecular weight is 431 g/mol. The molecule has 9 heteroatoms. The van der Waals surface area contributed by atoms with Crippen molar-refractivity contribution >= 4 is 22.6 Å². The molecule has 2 amide bonds. The van der Waals surface area contributed by atoms with Crippen molar-refractivity contribution < 1.29 is 28.0 Å². The minimum absolute atomic E-state index is 0.188. The molecule has 162 valence electrons. The second-order valence-electron chi connectivity index (χ2n) is 6.87. The zero-order valence-electron chi connectivity index (χ0n) is 17.1. The Bertz CT molecular complexity index is 1130. The number of amides is 2. The molecule has 0 unspecified atom stereocenters. The lowest BCUT2D eigenvalue weighted by molar-refractivity contribution is -0.551. The summed E-state index contributed by atoms with van der Waals surface area (Å²) in [5.74, 6) is -0.343. The minimum Gasteiger partial charge on any atom is -0.406 e. The van der Waals surface area contributed by atoms with E-state index in [-0.39, 0.29) is 11.8 Å². The highest BCUT2D eigenvalue weighted by atomic mass is 19.4. The molecule has 0 saturated carbocycles. The van der Waals surface area contributed by atoms with Crippen molar-refractivity contribution in [2.45, 2.75) is 33.2 Å². The van der Waals surface area contributed by atoms with Crippen LogP contribution in [0.25, 0.3) is 22.2 Å². The van der Waals surface area contributed by atoms with Gasteiger partial charge in [-0.1, -0.05) is 19.1 Å². The third kappa shape index (κ3) is 4.98. The summed E-state index contributed by atoms with van der Waals surface area (Å²) in [7, 11) is 0. The molecule has 1 heterocycles.